The Morgan fingerprint density at radius 1 is 1.64 bits per heavy atom. The summed E-state index contributed by atoms with van der Waals surface area (Å²) < 4.78 is 0. The minimum atomic E-state index is 0.486. The highest BCUT2D eigenvalue weighted by molar-refractivity contribution is 4.75. The van der Waals surface area contributed by atoms with E-state index < -0.39 is 0 Å². The second kappa shape index (κ2) is 4.21. The summed E-state index contributed by atoms with van der Waals surface area (Å²) in [5.41, 5.74) is 8.12. The molecule has 0 N–H and O–H groups in total. The van der Waals surface area contributed by atoms with Crippen LogP contribution in [0.15, 0.2) is 5.11 Å². The zero-order valence-corrected chi connectivity index (χ0v) is 6.90. The molecule has 0 spiro atoms. The number of rotatable bonds is 2. The Balaban J connectivity index is 2.35. The molecule has 1 unspecified atom stereocenters. The third kappa shape index (κ3) is 2.41. The minimum absolute atomic E-state index is 0.486. The third-order valence-electron chi connectivity index (χ3n) is 2.28. The fourth-order valence-corrected chi connectivity index (χ4v) is 1.51. The van der Waals surface area contributed by atoms with Crippen LogP contribution < -0.4 is 0 Å². The molecule has 1 aliphatic rings. The van der Waals surface area contributed by atoms with E-state index in [0.29, 0.717) is 12.6 Å². The molecule has 0 amide bonds. The molecule has 1 heterocycles. The van der Waals surface area contributed by atoms with E-state index in [2.05, 4.69) is 22.0 Å². The van der Waals surface area contributed by atoms with Gasteiger partial charge in [-0.3, -0.25) is 0 Å². The lowest BCUT2D eigenvalue weighted by Gasteiger charge is -2.31. The minimum Gasteiger partial charge on any atom is -0.303 e. The number of likely N-dealkylation sites (N-methyl/N-ethyl adjacent to an activating group) is 1. The Hall–Kier alpha value is -0.730. The second-order valence-electron chi connectivity index (χ2n) is 3.04. The molecule has 1 saturated heterocycles. The monoisotopic (exact) mass is 154 g/mol. The van der Waals surface area contributed by atoms with Crippen molar-refractivity contribution in [3.05, 3.63) is 10.4 Å². The van der Waals surface area contributed by atoms with Crippen LogP contribution in [0.3, 0.4) is 0 Å². The van der Waals surface area contributed by atoms with Crippen LogP contribution in [0.5, 0.6) is 0 Å². The summed E-state index contributed by atoms with van der Waals surface area (Å²) in [5.74, 6) is 0. The average Bonchev–Trinajstić information content (AvgIpc) is 2.03. The number of piperidine rings is 1. The van der Waals surface area contributed by atoms with Gasteiger partial charge in [-0.1, -0.05) is 11.5 Å². The lowest BCUT2D eigenvalue weighted by atomic mass is 10.0. The van der Waals surface area contributed by atoms with Crippen LogP contribution in [0.2, 0.25) is 0 Å². The van der Waals surface area contributed by atoms with E-state index in [1.165, 1.54) is 19.3 Å². The summed E-state index contributed by atoms with van der Waals surface area (Å²) in [7, 11) is 2.09. The topological polar surface area (TPSA) is 52.0 Å². The Morgan fingerprint density at radius 3 is 3.09 bits per heavy atom. The van der Waals surface area contributed by atoms with Crippen LogP contribution >= 0.6 is 0 Å². The molecule has 62 valence electrons. The van der Waals surface area contributed by atoms with E-state index in [-0.39, 0.29) is 0 Å². The van der Waals surface area contributed by atoms with E-state index in [1.807, 2.05) is 0 Å². The number of hydrogen-bond donors (Lipinski definition) is 0. The SMILES string of the molecule is CN1CCCCC1CN=[N+]=[N-]. The molecule has 0 aromatic carbocycles. The van der Waals surface area contributed by atoms with Crippen LogP contribution in [-0.2, 0) is 0 Å². The molecule has 0 aromatic heterocycles. The zero-order valence-electron chi connectivity index (χ0n) is 6.90. The Bertz CT molecular complexity index is 162. The maximum Gasteiger partial charge on any atom is 0.0414 e. The number of nitrogens with zero attached hydrogens (tertiary/aromatic N) is 4. The molecule has 1 rings (SSSR count). The van der Waals surface area contributed by atoms with E-state index in [4.69, 9.17) is 5.53 Å². The van der Waals surface area contributed by atoms with Crippen molar-refractivity contribution < 1.29 is 0 Å². The van der Waals surface area contributed by atoms with Crippen molar-refractivity contribution in [3.8, 4) is 0 Å². The molecular formula is C7H14N4. The van der Waals surface area contributed by atoms with Crippen LogP contribution in [0.4, 0.5) is 0 Å². The molecule has 11 heavy (non-hydrogen) atoms. The summed E-state index contributed by atoms with van der Waals surface area (Å²) in [6, 6.07) is 0.486. The number of likely N-dealkylation sites (tertiary alicyclic amines) is 1. The average molecular weight is 154 g/mol. The van der Waals surface area contributed by atoms with Gasteiger partial charge in [0.25, 0.3) is 0 Å². The Kier molecular flexibility index (Phi) is 3.20. The smallest absolute Gasteiger partial charge is 0.0414 e. The number of azide groups is 1. The number of hydrogen-bond acceptors (Lipinski definition) is 2. The van der Waals surface area contributed by atoms with Crippen molar-refractivity contribution in [2.24, 2.45) is 5.11 Å². The van der Waals surface area contributed by atoms with Gasteiger partial charge in [0.15, 0.2) is 0 Å². The first-order valence-electron chi connectivity index (χ1n) is 4.05. The zero-order chi connectivity index (χ0) is 8.10. The molecule has 0 aromatic rings. The van der Waals surface area contributed by atoms with Gasteiger partial charge in [0, 0.05) is 17.5 Å². The van der Waals surface area contributed by atoms with Crippen LogP contribution in [0, 0.1) is 0 Å². The third-order valence-corrected chi connectivity index (χ3v) is 2.28. The highest BCUT2D eigenvalue weighted by Gasteiger charge is 2.17. The lowest BCUT2D eigenvalue weighted by Crippen LogP contribution is -2.38. The molecule has 0 aliphatic carbocycles. The van der Waals surface area contributed by atoms with Crippen molar-refractivity contribution >= 4 is 0 Å². The molecule has 0 bridgehead atoms. The van der Waals surface area contributed by atoms with Gasteiger partial charge < -0.3 is 4.90 Å². The molecule has 4 heteroatoms. The summed E-state index contributed by atoms with van der Waals surface area (Å²) >= 11 is 0. The molecular weight excluding hydrogens is 140 g/mol. The van der Waals surface area contributed by atoms with Crippen LogP contribution in [0.1, 0.15) is 19.3 Å². The van der Waals surface area contributed by atoms with Crippen molar-refractivity contribution in [2.75, 3.05) is 20.1 Å². The van der Waals surface area contributed by atoms with Gasteiger partial charge in [0.05, 0.1) is 0 Å². The summed E-state index contributed by atoms with van der Waals surface area (Å²) in [6.07, 6.45) is 3.73. The Morgan fingerprint density at radius 2 is 2.45 bits per heavy atom. The second-order valence-corrected chi connectivity index (χ2v) is 3.04. The molecule has 4 nitrogen and oxygen atoms in total. The first kappa shape index (κ1) is 8.37. The van der Waals surface area contributed by atoms with Gasteiger partial charge in [-0.2, -0.15) is 0 Å². The first-order valence-corrected chi connectivity index (χ1v) is 4.05. The van der Waals surface area contributed by atoms with E-state index in [9.17, 15) is 0 Å². The molecule has 1 fully saturated rings. The van der Waals surface area contributed by atoms with Crippen molar-refractivity contribution in [1.29, 1.82) is 0 Å². The van der Waals surface area contributed by atoms with Gasteiger partial charge in [-0.05, 0) is 32.0 Å². The summed E-state index contributed by atoms with van der Waals surface area (Å²) in [4.78, 5) is 5.04. The van der Waals surface area contributed by atoms with Crippen LogP contribution in [0.25, 0.3) is 10.4 Å². The predicted molar refractivity (Wildman–Crippen MR) is 44.3 cm³/mol. The van der Waals surface area contributed by atoms with E-state index in [1.54, 1.807) is 0 Å². The van der Waals surface area contributed by atoms with E-state index >= 15 is 0 Å². The van der Waals surface area contributed by atoms with Crippen molar-refractivity contribution in [3.63, 3.8) is 0 Å². The van der Waals surface area contributed by atoms with Gasteiger partial charge in [0.1, 0.15) is 0 Å². The molecule has 0 saturated carbocycles. The summed E-state index contributed by atoms with van der Waals surface area (Å²) in [5, 5.41) is 3.58. The first-order chi connectivity index (χ1) is 5.34. The fraction of sp³-hybridized carbons (Fsp3) is 1.00. The maximum atomic E-state index is 8.12. The van der Waals surface area contributed by atoms with Gasteiger partial charge in [-0.15, -0.1) is 0 Å². The predicted octanol–water partition coefficient (Wildman–Crippen LogP) is 1.78. The summed E-state index contributed by atoms with van der Waals surface area (Å²) in [6.45, 7) is 1.78. The highest BCUT2D eigenvalue weighted by atomic mass is 15.2. The highest BCUT2D eigenvalue weighted by Crippen LogP contribution is 2.14. The van der Waals surface area contributed by atoms with Crippen molar-refractivity contribution in [2.45, 2.75) is 25.3 Å². The molecule has 1 atom stereocenters. The fourth-order valence-electron chi connectivity index (χ4n) is 1.51. The normalized spacial score (nSPS) is 26.1. The van der Waals surface area contributed by atoms with Gasteiger partial charge >= 0.3 is 0 Å². The van der Waals surface area contributed by atoms with Crippen LogP contribution in [-0.4, -0.2) is 31.1 Å². The largest absolute Gasteiger partial charge is 0.303 e. The lowest BCUT2D eigenvalue weighted by molar-refractivity contribution is 0.191. The standard InChI is InChI=1S/C7H14N4/c1-11-5-3-2-4-7(11)6-9-10-8/h7H,2-6H2,1H3. The Labute approximate surface area is 66.8 Å². The molecule has 0 radical (unpaired) electrons. The van der Waals surface area contributed by atoms with E-state index in [0.717, 1.165) is 6.54 Å². The quantitative estimate of drug-likeness (QED) is 0.340. The molecule has 1 aliphatic heterocycles. The van der Waals surface area contributed by atoms with Gasteiger partial charge in [-0.25, -0.2) is 0 Å². The van der Waals surface area contributed by atoms with Crippen molar-refractivity contribution in [1.82, 2.24) is 4.90 Å². The maximum absolute atomic E-state index is 8.12. The van der Waals surface area contributed by atoms with Gasteiger partial charge in [0.2, 0.25) is 0 Å².